The Hall–Kier alpha value is -1.80. The topological polar surface area (TPSA) is 49.6 Å². The minimum absolute atomic E-state index is 0.109. The molecule has 5 nitrogen and oxygen atoms in total. The quantitative estimate of drug-likeness (QED) is 0.802. The number of nitrogens with zero attached hydrogens (tertiary/aromatic N) is 3. The van der Waals surface area contributed by atoms with Crippen molar-refractivity contribution in [2.45, 2.75) is 52.6 Å². The molecule has 4 heterocycles. The SMILES string of the molecule is CCC#CCN1C[C@@H]2CC[C@H](C1)N(Cc1c(C)noc1C)C2=O. The van der Waals surface area contributed by atoms with Gasteiger partial charge in [0, 0.05) is 31.1 Å². The lowest BCUT2D eigenvalue weighted by Crippen LogP contribution is -2.47. The molecule has 3 saturated heterocycles. The molecular formula is C18H25N3O2. The molecule has 2 bridgehead atoms. The maximum absolute atomic E-state index is 12.8. The van der Waals surface area contributed by atoms with Crippen LogP contribution in [-0.2, 0) is 11.3 Å². The Kier molecular flexibility index (Phi) is 4.72. The second-order valence-corrected chi connectivity index (χ2v) is 6.60. The van der Waals surface area contributed by atoms with Crippen LogP contribution in [0.2, 0.25) is 0 Å². The molecular weight excluding hydrogens is 290 g/mol. The van der Waals surface area contributed by atoms with Crippen LogP contribution in [0.15, 0.2) is 4.52 Å². The summed E-state index contributed by atoms with van der Waals surface area (Å²) in [6.45, 7) is 9.08. The number of hydrogen-bond donors (Lipinski definition) is 0. The van der Waals surface area contributed by atoms with E-state index in [1.54, 1.807) is 0 Å². The van der Waals surface area contributed by atoms with Gasteiger partial charge in [-0.2, -0.15) is 0 Å². The molecule has 5 heteroatoms. The standard InChI is InChI=1S/C18H25N3O2/c1-4-5-6-9-20-10-15-7-8-16(11-20)21(18(15)22)12-17-13(2)19-23-14(17)3/h15-16H,4,7-12H2,1-3H3/t15-,16+/m0/s1. The first-order chi connectivity index (χ1) is 11.1. The lowest BCUT2D eigenvalue weighted by Gasteiger charge is -2.36. The van der Waals surface area contributed by atoms with Gasteiger partial charge in [0.1, 0.15) is 5.76 Å². The number of carbonyl (C=O) groups excluding carboxylic acids is 1. The highest BCUT2D eigenvalue weighted by atomic mass is 16.5. The van der Waals surface area contributed by atoms with E-state index in [-0.39, 0.29) is 17.9 Å². The van der Waals surface area contributed by atoms with Crippen molar-refractivity contribution in [3.8, 4) is 11.8 Å². The number of hydrogen-bond acceptors (Lipinski definition) is 4. The van der Waals surface area contributed by atoms with Crippen LogP contribution in [0.3, 0.4) is 0 Å². The molecule has 2 atom stereocenters. The van der Waals surface area contributed by atoms with Crippen LogP contribution >= 0.6 is 0 Å². The molecule has 0 unspecified atom stereocenters. The van der Waals surface area contributed by atoms with Crippen LogP contribution in [0.25, 0.3) is 0 Å². The number of carbonyl (C=O) groups is 1. The smallest absolute Gasteiger partial charge is 0.227 e. The molecule has 124 valence electrons. The average Bonchev–Trinajstić information content (AvgIpc) is 2.71. The molecule has 3 aliphatic heterocycles. The summed E-state index contributed by atoms with van der Waals surface area (Å²) in [4.78, 5) is 17.2. The Morgan fingerprint density at radius 3 is 2.78 bits per heavy atom. The van der Waals surface area contributed by atoms with Gasteiger partial charge >= 0.3 is 0 Å². The highest BCUT2D eigenvalue weighted by Gasteiger charge is 2.40. The van der Waals surface area contributed by atoms with Crippen LogP contribution in [0.1, 0.15) is 43.2 Å². The van der Waals surface area contributed by atoms with Crippen molar-refractivity contribution in [2.75, 3.05) is 19.6 Å². The molecule has 0 saturated carbocycles. The molecule has 1 amide bonds. The maximum atomic E-state index is 12.8. The summed E-state index contributed by atoms with van der Waals surface area (Å²) in [6.07, 6.45) is 2.97. The van der Waals surface area contributed by atoms with E-state index in [4.69, 9.17) is 4.52 Å². The van der Waals surface area contributed by atoms with Crippen molar-refractivity contribution < 1.29 is 9.32 Å². The van der Waals surface area contributed by atoms with Gasteiger partial charge in [-0.25, -0.2) is 0 Å². The zero-order valence-corrected chi connectivity index (χ0v) is 14.3. The first kappa shape index (κ1) is 16.1. The highest BCUT2D eigenvalue weighted by Crippen LogP contribution is 2.31. The highest BCUT2D eigenvalue weighted by molar-refractivity contribution is 5.80. The number of fused-ring (bicyclic) bond motifs is 4. The third kappa shape index (κ3) is 3.28. The van der Waals surface area contributed by atoms with E-state index in [1.807, 2.05) is 18.7 Å². The maximum Gasteiger partial charge on any atom is 0.227 e. The predicted molar refractivity (Wildman–Crippen MR) is 87.5 cm³/mol. The lowest BCUT2D eigenvalue weighted by atomic mass is 9.93. The Morgan fingerprint density at radius 1 is 1.26 bits per heavy atom. The third-order valence-corrected chi connectivity index (χ3v) is 4.98. The van der Waals surface area contributed by atoms with Crippen molar-refractivity contribution in [1.82, 2.24) is 15.0 Å². The number of amides is 1. The summed E-state index contributed by atoms with van der Waals surface area (Å²) in [7, 11) is 0. The molecule has 23 heavy (non-hydrogen) atoms. The van der Waals surface area contributed by atoms with Gasteiger partial charge in [0.25, 0.3) is 0 Å². The predicted octanol–water partition coefficient (Wildman–Crippen LogP) is 2.13. The Morgan fingerprint density at radius 2 is 2.09 bits per heavy atom. The van der Waals surface area contributed by atoms with Crippen LogP contribution in [-0.4, -0.2) is 46.5 Å². The van der Waals surface area contributed by atoms with Crippen molar-refractivity contribution in [3.05, 3.63) is 17.0 Å². The van der Waals surface area contributed by atoms with Crippen LogP contribution in [0.4, 0.5) is 0 Å². The fraction of sp³-hybridized carbons (Fsp3) is 0.667. The summed E-state index contributed by atoms with van der Waals surface area (Å²) in [5.41, 5.74) is 1.95. The van der Waals surface area contributed by atoms with E-state index in [0.717, 1.165) is 55.9 Å². The van der Waals surface area contributed by atoms with E-state index < -0.39 is 0 Å². The summed E-state index contributed by atoms with van der Waals surface area (Å²) in [5, 5.41) is 4.02. The molecule has 1 aromatic rings. The summed E-state index contributed by atoms with van der Waals surface area (Å²) < 4.78 is 5.25. The second-order valence-electron chi connectivity index (χ2n) is 6.60. The molecule has 1 aromatic heterocycles. The molecule has 0 aliphatic carbocycles. The van der Waals surface area contributed by atoms with Crippen molar-refractivity contribution in [3.63, 3.8) is 0 Å². The van der Waals surface area contributed by atoms with E-state index in [2.05, 4.69) is 28.8 Å². The molecule has 4 rings (SSSR count). The first-order valence-electron chi connectivity index (χ1n) is 8.50. The van der Waals surface area contributed by atoms with Crippen molar-refractivity contribution >= 4 is 5.91 Å². The molecule has 3 aliphatic rings. The van der Waals surface area contributed by atoms with Gasteiger partial charge in [-0.3, -0.25) is 9.69 Å². The Balaban J connectivity index is 1.76. The third-order valence-electron chi connectivity index (χ3n) is 4.98. The first-order valence-corrected chi connectivity index (χ1v) is 8.50. The van der Waals surface area contributed by atoms with Gasteiger partial charge in [-0.05, 0) is 26.7 Å². The van der Waals surface area contributed by atoms with Gasteiger partial charge in [-0.15, -0.1) is 5.92 Å². The minimum atomic E-state index is 0.109. The largest absolute Gasteiger partial charge is 0.361 e. The average molecular weight is 315 g/mol. The monoisotopic (exact) mass is 315 g/mol. The summed E-state index contributed by atoms with van der Waals surface area (Å²) in [6, 6.07) is 0.276. The van der Waals surface area contributed by atoms with Gasteiger partial charge in [0.2, 0.25) is 5.91 Å². The van der Waals surface area contributed by atoms with Gasteiger partial charge < -0.3 is 9.42 Å². The molecule has 3 fully saturated rings. The van der Waals surface area contributed by atoms with E-state index in [9.17, 15) is 4.79 Å². The zero-order chi connectivity index (χ0) is 16.4. The molecule has 0 radical (unpaired) electrons. The molecule has 0 spiro atoms. The van der Waals surface area contributed by atoms with Crippen molar-refractivity contribution in [2.24, 2.45) is 5.92 Å². The van der Waals surface area contributed by atoms with Gasteiger partial charge in [-0.1, -0.05) is 18.0 Å². The van der Waals surface area contributed by atoms with Crippen LogP contribution < -0.4 is 0 Å². The fourth-order valence-electron chi connectivity index (χ4n) is 3.66. The van der Waals surface area contributed by atoms with Crippen molar-refractivity contribution in [1.29, 1.82) is 0 Å². The molecule has 0 N–H and O–H groups in total. The van der Waals surface area contributed by atoms with E-state index in [0.29, 0.717) is 6.54 Å². The van der Waals surface area contributed by atoms with Crippen LogP contribution in [0.5, 0.6) is 0 Å². The summed E-state index contributed by atoms with van der Waals surface area (Å²) >= 11 is 0. The lowest BCUT2D eigenvalue weighted by molar-refractivity contribution is -0.140. The van der Waals surface area contributed by atoms with E-state index >= 15 is 0 Å². The van der Waals surface area contributed by atoms with E-state index in [1.165, 1.54) is 0 Å². The van der Waals surface area contributed by atoms with Gasteiger partial charge in [0.15, 0.2) is 0 Å². The Bertz CT molecular complexity index is 621. The molecule has 0 aromatic carbocycles. The fourth-order valence-corrected chi connectivity index (χ4v) is 3.66. The number of piperidine rings is 1. The Labute approximate surface area is 138 Å². The van der Waals surface area contributed by atoms with Crippen LogP contribution in [0, 0.1) is 31.6 Å². The number of aromatic nitrogens is 1. The number of aryl methyl sites for hydroxylation is 2. The van der Waals surface area contributed by atoms with Gasteiger partial charge in [0.05, 0.1) is 24.7 Å². The summed E-state index contributed by atoms with van der Waals surface area (Å²) in [5.74, 6) is 7.56. The second kappa shape index (κ2) is 6.76. The minimum Gasteiger partial charge on any atom is -0.361 e. The number of rotatable bonds is 3. The zero-order valence-electron chi connectivity index (χ0n) is 14.3. The normalized spacial score (nSPS) is 24.5.